The molecule has 5 nitrogen and oxygen atoms in total. The van der Waals surface area contributed by atoms with Crippen LogP contribution in [0.1, 0.15) is 48.7 Å². The van der Waals surface area contributed by atoms with Gasteiger partial charge >= 0.3 is 0 Å². The summed E-state index contributed by atoms with van der Waals surface area (Å²) in [4.78, 5) is 13.1. The van der Waals surface area contributed by atoms with E-state index < -0.39 is 0 Å². The first-order valence-corrected chi connectivity index (χ1v) is 10.1. The van der Waals surface area contributed by atoms with Gasteiger partial charge in [-0.1, -0.05) is 40.8 Å². The van der Waals surface area contributed by atoms with Crippen molar-refractivity contribution in [3.63, 3.8) is 0 Å². The number of aryl methyl sites for hydroxylation is 1. The molecule has 1 spiro atoms. The first kappa shape index (κ1) is 18.8. The number of halogens is 2. The predicted octanol–water partition coefficient (Wildman–Crippen LogP) is 5.03. The number of benzene rings is 1. The third-order valence-electron chi connectivity index (χ3n) is 6.03. The van der Waals surface area contributed by atoms with E-state index in [4.69, 9.17) is 32.5 Å². The molecule has 1 aromatic heterocycles. The fourth-order valence-electron chi connectivity index (χ4n) is 4.41. The molecule has 2 atom stereocenters. The van der Waals surface area contributed by atoms with Gasteiger partial charge in [0, 0.05) is 23.6 Å². The van der Waals surface area contributed by atoms with Crippen molar-refractivity contribution >= 4 is 29.1 Å². The summed E-state index contributed by atoms with van der Waals surface area (Å²) in [5.41, 5.74) is 1.36. The number of hydrogen-bond acceptors (Lipinski definition) is 4. The zero-order chi connectivity index (χ0) is 19.2. The minimum Gasteiger partial charge on any atom is -0.378 e. The molecule has 2 fully saturated rings. The van der Waals surface area contributed by atoms with Crippen molar-refractivity contribution in [3.8, 4) is 11.3 Å². The standard InChI is InChI=1S/C20H22Cl2N2O3/c1-3-26-15-10-14(20(15)8-5-9-20)23-19(25)16-11(2)27-24-18(16)17-12(21)6-4-7-13(17)22/h4,6-7,14-15H,3,5,8-10H2,1-2H3,(H,23,25)/t14-,15-/m1/s1. The molecule has 2 aromatic rings. The van der Waals surface area contributed by atoms with E-state index in [1.807, 2.05) is 6.92 Å². The van der Waals surface area contributed by atoms with Crippen LogP contribution in [0.15, 0.2) is 22.7 Å². The lowest BCUT2D eigenvalue weighted by atomic mass is 9.51. The molecule has 0 bridgehead atoms. The van der Waals surface area contributed by atoms with Crippen LogP contribution in [0.3, 0.4) is 0 Å². The number of carbonyl (C=O) groups excluding carboxylic acids is 1. The molecular formula is C20H22Cl2N2O3. The van der Waals surface area contributed by atoms with Gasteiger partial charge in [0.15, 0.2) is 0 Å². The summed E-state index contributed by atoms with van der Waals surface area (Å²) in [6, 6.07) is 5.30. The lowest BCUT2D eigenvalue weighted by Gasteiger charge is -2.60. The molecule has 4 rings (SSSR count). The normalized spacial score (nSPS) is 23.0. The smallest absolute Gasteiger partial charge is 0.257 e. The quantitative estimate of drug-likeness (QED) is 0.752. The summed E-state index contributed by atoms with van der Waals surface area (Å²) >= 11 is 12.6. The van der Waals surface area contributed by atoms with Crippen molar-refractivity contribution < 1.29 is 14.1 Å². The SMILES string of the molecule is CCO[C@@H]1C[C@@H](NC(=O)c2c(-c3c(Cl)cccc3Cl)noc2C)C12CCC2. The van der Waals surface area contributed by atoms with Crippen molar-refractivity contribution in [2.24, 2.45) is 5.41 Å². The number of carbonyl (C=O) groups is 1. The lowest BCUT2D eigenvalue weighted by molar-refractivity contribution is -0.169. The van der Waals surface area contributed by atoms with Gasteiger partial charge in [-0.05, 0) is 45.2 Å². The van der Waals surface area contributed by atoms with E-state index in [1.165, 1.54) is 6.42 Å². The summed E-state index contributed by atoms with van der Waals surface area (Å²) in [6.07, 6.45) is 4.44. The van der Waals surface area contributed by atoms with Gasteiger partial charge in [-0.15, -0.1) is 0 Å². The maximum atomic E-state index is 13.1. The van der Waals surface area contributed by atoms with Crippen molar-refractivity contribution in [2.75, 3.05) is 6.61 Å². The highest BCUT2D eigenvalue weighted by atomic mass is 35.5. The van der Waals surface area contributed by atoms with Crippen molar-refractivity contribution in [1.82, 2.24) is 10.5 Å². The van der Waals surface area contributed by atoms with Gasteiger partial charge in [-0.3, -0.25) is 4.79 Å². The van der Waals surface area contributed by atoms with E-state index >= 15 is 0 Å². The van der Waals surface area contributed by atoms with Crippen LogP contribution in [0, 0.1) is 12.3 Å². The Bertz CT molecular complexity index is 856. The Morgan fingerprint density at radius 3 is 2.67 bits per heavy atom. The molecule has 1 amide bonds. The molecular weight excluding hydrogens is 387 g/mol. The van der Waals surface area contributed by atoms with Crippen molar-refractivity contribution in [3.05, 3.63) is 39.6 Å². The average molecular weight is 409 g/mol. The summed E-state index contributed by atoms with van der Waals surface area (Å²) in [7, 11) is 0. The van der Waals surface area contributed by atoms with Gasteiger partial charge in [0.1, 0.15) is 17.0 Å². The van der Waals surface area contributed by atoms with Gasteiger partial charge in [0.2, 0.25) is 0 Å². The topological polar surface area (TPSA) is 64.4 Å². The molecule has 1 N–H and O–H groups in total. The Hall–Kier alpha value is -1.56. The van der Waals surface area contributed by atoms with Gasteiger partial charge in [0.05, 0.1) is 16.1 Å². The second kappa shape index (κ2) is 7.12. The Kier molecular flexibility index (Phi) is 4.95. The fraction of sp³-hybridized carbons (Fsp3) is 0.500. The molecule has 1 aromatic carbocycles. The van der Waals surface area contributed by atoms with Gasteiger partial charge < -0.3 is 14.6 Å². The number of rotatable bonds is 5. The molecule has 1 heterocycles. The molecule has 144 valence electrons. The molecule has 0 radical (unpaired) electrons. The van der Waals surface area contributed by atoms with Crippen LogP contribution in [-0.2, 0) is 4.74 Å². The minimum atomic E-state index is -0.203. The third kappa shape index (κ3) is 2.96. The fourth-order valence-corrected chi connectivity index (χ4v) is 4.98. The Labute approximate surface area is 168 Å². The highest BCUT2D eigenvalue weighted by Crippen LogP contribution is 2.57. The number of nitrogens with zero attached hydrogens (tertiary/aromatic N) is 1. The summed E-state index contributed by atoms with van der Waals surface area (Å²) in [5.74, 6) is 0.243. The highest BCUT2D eigenvalue weighted by molar-refractivity contribution is 6.39. The first-order chi connectivity index (χ1) is 13.0. The van der Waals surface area contributed by atoms with E-state index in [0.717, 1.165) is 19.3 Å². The Morgan fingerprint density at radius 1 is 1.37 bits per heavy atom. The van der Waals surface area contributed by atoms with Crippen molar-refractivity contribution in [1.29, 1.82) is 0 Å². The monoisotopic (exact) mass is 408 g/mol. The van der Waals surface area contributed by atoms with Crippen molar-refractivity contribution in [2.45, 2.75) is 51.7 Å². The largest absolute Gasteiger partial charge is 0.378 e. The van der Waals surface area contributed by atoms with Crippen LogP contribution in [0.4, 0.5) is 0 Å². The zero-order valence-corrected chi connectivity index (χ0v) is 16.9. The average Bonchev–Trinajstić information content (AvgIpc) is 2.93. The van der Waals surface area contributed by atoms with E-state index in [2.05, 4.69) is 10.5 Å². The molecule has 7 heteroatoms. The minimum absolute atomic E-state index is 0.0823. The van der Waals surface area contributed by atoms with Crippen LogP contribution >= 0.6 is 23.2 Å². The van der Waals surface area contributed by atoms with Gasteiger partial charge in [-0.25, -0.2) is 0 Å². The molecule has 0 unspecified atom stereocenters. The van der Waals surface area contributed by atoms with Crippen LogP contribution in [0.25, 0.3) is 11.3 Å². The number of hydrogen-bond donors (Lipinski definition) is 1. The third-order valence-corrected chi connectivity index (χ3v) is 6.66. The van der Waals surface area contributed by atoms with Crippen LogP contribution in [0.5, 0.6) is 0 Å². The maximum absolute atomic E-state index is 13.1. The number of amides is 1. The number of ether oxygens (including phenoxy) is 1. The molecule has 0 saturated heterocycles. The summed E-state index contributed by atoms with van der Waals surface area (Å²) in [5, 5.41) is 8.11. The number of aromatic nitrogens is 1. The molecule has 27 heavy (non-hydrogen) atoms. The summed E-state index contributed by atoms with van der Waals surface area (Å²) < 4.78 is 11.2. The Balaban J connectivity index is 1.60. The first-order valence-electron chi connectivity index (χ1n) is 9.31. The van der Waals surface area contributed by atoms with Crippen LogP contribution in [-0.4, -0.2) is 29.8 Å². The number of nitrogens with one attached hydrogen (secondary N) is 1. The second-order valence-electron chi connectivity index (χ2n) is 7.35. The van der Waals surface area contributed by atoms with E-state index in [1.54, 1.807) is 25.1 Å². The highest BCUT2D eigenvalue weighted by Gasteiger charge is 2.59. The molecule has 2 aliphatic carbocycles. The summed E-state index contributed by atoms with van der Waals surface area (Å²) in [6.45, 7) is 4.43. The Morgan fingerprint density at radius 2 is 2.07 bits per heavy atom. The maximum Gasteiger partial charge on any atom is 0.257 e. The van der Waals surface area contributed by atoms with E-state index in [9.17, 15) is 4.79 Å². The van der Waals surface area contributed by atoms with Gasteiger partial charge in [-0.2, -0.15) is 0 Å². The molecule has 2 aliphatic rings. The molecule has 2 saturated carbocycles. The van der Waals surface area contributed by atoms with E-state index in [0.29, 0.717) is 39.2 Å². The molecule has 0 aliphatic heterocycles. The zero-order valence-electron chi connectivity index (χ0n) is 15.4. The van der Waals surface area contributed by atoms with Gasteiger partial charge in [0.25, 0.3) is 5.91 Å². The predicted molar refractivity (Wildman–Crippen MR) is 104 cm³/mol. The van der Waals surface area contributed by atoms with Crippen LogP contribution < -0.4 is 5.32 Å². The van der Waals surface area contributed by atoms with Crippen LogP contribution in [0.2, 0.25) is 10.0 Å². The second-order valence-corrected chi connectivity index (χ2v) is 8.17. The van der Waals surface area contributed by atoms with E-state index in [-0.39, 0.29) is 23.5 Å². The lowest BCUT2D eigenvalue weighted by Crippen LogP contribution is -2.67.